The standard InChI is InChI=1S/C12H15NO3S/c1-16-9-4-2-8(3-5-9)10(14)11-12(15)13-6-7-17-11/h2-5,10-11,14H,6-7H2,1H3,(H,13,15)/t10-,11?/m1/s1. The molecule has 1 unspecified atom stereocenters. The molecule has 2 N–H and O–H groups in total. The fourth-order valence-electron chi connectivity index (χ4n) is 1.75. The Hall–Kier alpha value is -1.20. The van der Waals surface area contributed by atoms with Gasteiger partial charge in [-0.05, 0) is 17.7 Å². The molecule has 92 valence electrons. The van der Waals surface area contributed by atoms with Crippen molar-refractivity contribution in [3.05, 3.63) is 29.8 Å². The molecule has 1 fully saturated rings. The first-order chi connectivity index (χ1) is 8.22. The second-order valence-electron chi connectivity index (χ2n) is 3.80. The summed E-state index contributed by atoms with van der Waals surface area (Å²) in [6.45, 7) is 0.676. The smallest absolute Gasteiger partial charge is 0.236 e. The van der Waals surface area contributed by atoms with Crippen LogP contribution >= 0.6 is 11.8 Å². The summed E-state index contributed by atoms with van der Waals surface area (Å²) in [5.41, 5.74) is 0.736. The predicted octanol–water partition coefficient (Wildman–Crippen LogP) is 0.960. The van der Waals surface area contributed by atoms with E-state index in [9.17, 15) is 9.90 Å². The Morgan fingerprint density at radius 2 is 2.18 bits per heavy atom. The van der Waals surface area contributed by atoms with Crippen molar-refractivity contribution in [2.75, 3.05) is 19.4 Å². The number of methoxy groups -OCH3 is 1. The van der Waals surface area contributed by atoms with Crippen LogP contribution in [0, 0.1) is 0 Å². The Bertz CT molecular complexity index is 393. The van der Waals surface area contributed by atoms with Gasteiger partial charge in [-0.3, -0.25) is 4.79 Å². The Morgan fingerprint density at radius 1 is 1.47 bits per heavy atom. The molecule has 0 aliphatic carbocycles. The highest BCUT2D eigenvalue weighted by Gasteiger charge is 2.30. The normalized spacial score (nSPS) is 21.8. The van der Waals surface area contributed by atoms with Gasteiger partial charge in [-0.1, -0.05) is 12.1 Å². The number of thioether (sulfide) groups is 1. The number of nitrogens with one attached hydrogen (secondary N) is 1. The number of aliphatic hydroxyl groups is 1. The molecule has 0 saturated carbocycles. The lowest BCUT2D eigenvalue weighted by molar-refractivity contribution is -0.122. The molecule has 1 aliphatic rings. The van der Waals surface area contributed by atoms with Crippen molar-refractivity contribution >= 4 is 17.7 Å². The first kappa shape index (κ1) is 12.3. The van der Waals surface area contributed by atoms with Crippen molar-refractivity contribution in [2.45, 2.75) is 11.4 Å². The van der Waals surface area contributed by atoms with E-state index in [1.54, 1.807) is 31.4 Å². The average Bonchev–Trinajstić information content (AvgIpc) is 2.39. The third-order valence-corrected chi connectivity index (χ3v) is 3.97. The molecule has 1 saturated heterocycles. The van der Waals surface area contributed by atoms with Crippen LogP contribution in [0.25, 0.3) is 0 Å². The first-order valence-corrected chi connectivity index (χ1v) is 6.48. The van der Waals surface area contributed by atoms with Gasteiger partial charge in [-0.2, -0.15) is 0 Å². The molecule has 5 heteroatoms. The van der Waals surface area contributed by atoms with Crippen molar-refractivity contribution in [3.8, 4) is 5.75 Å². The zero-order valence-electron chi connectivity index (χ0n) is 9.55. The Balaban J connectivity index is 2.12. The van der Waals surface area contributed by atoms with E-state index in [2.05, 4.69) is 5.32 Å². The van der Waals surface area contributed by atoms with Crippen molar-refractivity contribution in [1.82, 2.24) is 5.32 Å². The van der Waals surface area contributed by atoms with Gasteiger partial charge in [0.2, 0.25) is 5.91 Å². The molecule has 0 aromatic heterocycles. The maximum atomic E-state index is 11.6. The molecule has 4 nitrogen and oxygen atoms in total. The molecule has 0 spiro atoms. The van der Waals surface area contributed by atoms with Crippen LogP contribution in [0.1, 0.15) is 11.7 Å². The zero-order chi connectivity index (χ0) is 12.3. The third-order valence-electron chi connectivity index (χ3n) is 2.70. The largest absolute Gasteiger partial charge is 0.497 e. The van der Waals surface area contributed by atoms with Crippen LogP contribution in [0.4, 0.5) is 0 Å². The summed E-state index contributed by atoms with van der Waals surface area (Å²) in [5, 5.41) is 12.5. The number of hydrogen-bond donors (Lipinski definition) is 2. The number of rotatable bonds is 3. The minimum absolute atomic E-state index is 0.0930. The molecule has 2 rings (SSSR count). The van der Waals surface area contributed by atoms with E-state index >= 15 is 0 Å². The summed E-state index contributed by atoms with van der Waals surface area (Å²) < 4.78 is 5.05. The number of aliphatic hydroxyl groups excluding tert-OH is 1. The van der Waals surface area contributed by atoms with Crippen molar-refractivity contribution in [3.63, 3.8) is 0 Å². The van der Waals surface area contributed by atoms with Crippen LogP contribution in [-0.4, -0.2) is 35.7 Å². The fraction of sp³-hybridized carbons (Fsp3) is 0.417. The number of carbonyl (C=O) groups excluding carboxylic acids is 1. The monoisotopic (exact) mass is 253 g/mol. The van der Waals surface area contributed by atoms with E-state index in [-0.39, 0.29) is 5.91 Å². The molecular formula is C12H15NO3S. The van der Waals surface area contributed by atoms with Crippen LogP contribution in [-0.2, 0) is 4.79 Å². The molecule has 1 aromatic rings. The van der Waals surface area contributed by atoms with Crippen LogP contribution in [0.5, 0.6) is 5.75 Å². The highest BCUT2D eigenvalue weighted by Crippen LogP contribution is 2.29. The van der Waals surface area contributed by atoms with E-state index in [4.69, 9.17) is 4.74 Å². The Labute approximate surface area is 104 Å². The second-order valence-corrected chi connectivity index (χ2v) is 5.05. The fourth-order valence-corrected chi connectivity index (χ4v) is 2.79. The number of hydrogen-bond acceptors (Lipinski definition) is 4. The van der Waals surface area contributed by atoms with E-state index in [1.165, 1.54) is 11.8 Å². The van der Waals surface area contributed by atoms with Crippen molar-refractivity contribution in [2.24, 2.45) is 0 Å². The summed E-state index contributed by atoms with van der Waals surface area (Å²) in [7, 11) is 1.59. The lowest BCUT2D eigenvalue weighted by atomic mass is 10.1. The molecule has 2 atom stereocenters. The van der Waals surface area contributed by atoms with Gasteiger partial charge in [0.05, 0.1) is 13.2 Å². The van der Waals surface area contributed by atoms with E-state index < -0.39 is 11.4 Å². The van der Waals surface area contributed by atoms with Gasteiger partial charge >= 0.3 is 0 Å². The molecule has 0 bridgehead atoms. The molecule has 1 amide bonds. The molecule has 17 heavy (non-hydrogen) atoms. The van der Waals surface area contributed by atoms with E-state index in [0.29, 0.717) is 6.54 Å². The molecule has 1 aliphatic heterocycles. The topological polar surface area (TPSA) is 58.6 Å². The summed E-state index contributed by atoms with van der Waals surface area (Å²) >= 11 is 1.49. The molecule has 1 heterocycles. The maximum absolute atomic E-state index is 11.6. The van der Waals surface area contributed by atoms with Gasteiger partial charge < -0.3 is 15.2 Å². The molecule has 0 radical (unpaired) electrons. The molecular weight excluding hydrogens is 238 g/mol. The minimum atomic E-state index is -0.772. The maximum Gasteiger partial charge on any atom is 0.236 e. The second kappa shape index (κ2) is 5.42. The number of amides is 1. The lowest BCUT2D eigenvalue weighted by Gasteiger charge is -2.26. The first-order valence-electron chi connectivity index (χ1n) is 5.43. The Kier molecular flexibility index (Phi) is 3.91. The Morgan fingerprint density at radius 3 is 2.76 bits per heavy atom. The van der Waals surface area contributed by atoms with Crippen LogP contribution < -0.4 is 10.1 Å². The highest BCUT2D eigenvalue weighted by atomic mass is 32.2. The molecule has 1 aromatic carbocycles. The summed E-state index contributed by atoms with van der Waals surface area (Å²) in [6, 6.07) is 7.13. The minimum Gasteiger partial charge on any atom is -0.497 e. The van der Waals surface area contributed by atoms with Crippen LogP contribution in [0.15, 0.2) is 24.3 Å². The van der Waals surface area contributed by atoms with Gasteiger partial charge in [-0.15, -0.1) is 11.8 Å². The van der Waals surface area contributed by atoms with Gasteiger partial charge in [0.1, 0.15) is 11.0 Å². The quantitative estimate of drug-likeness (QED) is 0.842. The summed E-state index contributed by atoms with van der Waals surface area (Å²) in [5.74, 6) is 1.48. The summed E-state index contributed by atoms with van der Waals surface area (Å²) in [4.78, 5) is 11.6. The number of carbonyl (C=O) groups is 1. The van der Waals surface area contributed by atoms with Crippen molar-refractivity contribution < 1.29 is 14.6 Å². The van der Waals surface area contributed by atoms with Gasteiger partial charge in [0.15, 0.2) is 0 Å². The van der Waals surface area contributed by atoms with Crippen LogP contribution in [0.3, 0.4) is 0 Å². The van der Waals surface area contributed by atoms with E-state index in [1.807, 2.05) is 0 Å². The SMILES string of the molecule is COc1ccc([C@@H](O)C2SCCNC2=O)cc1. The average molecular weight is 253 g/mol. The highest BCUT2D eigenvalue weighted by molar-refractivity contribution is 8.00. The summed E-state index contributed by atoms with van der Waals surface area (Å²) in [6.07, 6.45) is -0.772. The van der Waals surface area contributed by atoms with Gasteiger partial charge in [0.25, 0.3) is 0 Å². The van der Waals surface area contributed by atoms with Crippen LogP contribution in [0.2, 0.25) is 0 Å². The predicted molar refractivity (Wildman–Crippen MR) is 67.2 cm³/mol. The third kappa shape index (κ3) is 2.73. The van der Waals surface area contributed by atoms with Crippen molar-refractivity contribution in [1.29, 1.82) is 0 Å². The zero-order valence-corrected chi connectivity index (χ0v) is 10.4. The number of benzene rings is 1. The van der Waals surface area contributed by atoms with E-state index in [0.717, 1.165) is 17.1 Å². The van der Waals surface area contributed by atoms with Gasteiger partial charge in [0, 0.05) is 12.3 Å². The number of ether oxygens (including phenoxy) is 1. The van der Waals surface area contributed by atoms with Gasteiger partial charge in [-0.25, -0.2) is 0 Å². The lowest BCUT2D eigenvalue weighted by Crippen LogP contribution is -2.42.